The minimum atomic E-state index is -4.57. The first-order chi connectivity index (χ1) is 15.3. The van der Waals surface area contributed by atoms with Crippen molar-refractivity contribution < 1.29 is 18.3 Å². The summed E-state index contributed by atoms with van der Waals surface area (Å²) in [6.45, 7) is 4.82. The first kappa shape index (κ1) is 23.6. The molecule has 0 amide bonds. The molecule has 0 bridgehead atoms. The van der Waals surface area contributed by atoms with Gasteiger partial charge in [0.05, 0.1) is 16.8 Å². The number of hydrogen-bond donors (Lipinski definition) is 1. The fraction of sp³-hybridized carbons (Fsp3) is 0.360. The third kappa shape index (κ3) is 5.03. The Kier molecular flexibility index (Phi) is 7.38. The fourth-order valence-electron chi connectivity index (χ4n) is 3.76. The first-order valence-electron chi connectivity index (χ1n) is 10.8. The summed E-state index contributed by atoms with van der Waals surface area (Å²) in [6.07, 6.45) is 1.21. The molecule has 1 aromatic heterocycles. The van der Waals surface area contributed by atoms with Gasteiger partial charge in [-0.25, -0.2) is 4.57 Å². The molecule has 0 saturated carbocycles. The topological polar surface area (TPSA) is 54.6 Å². The quantitative estimate of drug-likeness (QED) is 0.412. The molecule has 4 nitrogen and oxygen atoms in total. The van der Waals surface area contributed by atoms with Gasteiger partial charge in [0.2, 0.25) is 5.88 Å². The van der Waals surface area contributed by atoms with Gasteiger partial charge in [0, 0.05) is 23.5 Å². The van der Waals surface area contributed by atoms with E-state index >= 15 is 0 Å². The summed E-state index contributed by atoms with van der Waals surface area (Å²) in [5.74, 6) is -0.0210. The highest BCUT2D eigenvalue weighted by Gasteiger charge is 2.31. The van der Waals surface area contributed by atoms with Gasteiger partial charge in [-0.1, -0.05) is 57.4 Å². The molecule has 0 radical (unpaired) electrons. The molecule has 1 N–H and O–H groups in total. The summed E-state index contributed by atoms with van der Waals surface area (Å²) >= 11 is 0. The number of pyridine rings is 1. The summed E-state index contributed by atoms with van der Waals surface area (Å²) in [4.78, 5) is 17.6. The molecule has 170 valence electrons. The lowest BCUT2D eigenvalue weighted by molar-refractivity contribution is -0.137. The summed E-state index contributed by atoms with van der Waals surface area (Å²) in [7, 11) is 0. The lowest BCUT2D eigenvalue weighted by Crippen LogP contribution is -2.20. The number of benzene rings is 2. The molecule has 0 saturated heterocycles. The van der Waals surface area contributed by atoms with Gasteiger partial charge in [0.1, 0.15) is 0 Å². The number of unbranched alkanes of at least 4 members (excludes halogenated alkanes) is 1. The third-order valence-corrected chi connectivity index (χ3v) is 5.66. The number of aliphatic imine (C=N–C) groups is 1. The minimum absolute atomic E-state index is 0.0582. The van der Waals surface area contributed by atoms with Crippen LogP contribution in [-0.4, -0.2) is 22.4 Å². The van der Waals surface area contributed by atoms with E-state index in [0.717, 1.165) is 42.4 Å². The second-order valence-corrected chi connectivity index (χ2v) is 7.88. The molecule has 1 atom stereocenters. The van der Waals surface area contributed by atoms with Gasteiger partial charge in [-0.3, -0.25) is 9.79 Å². The van der Waals surface area contributed by atoms with Gasteiger partial charge in [0.25, 0.3) is 5.56 Å². The number of nitrogens with zero attached hydrogens (tertiary/aromatic N) is 2. The highest BCUT2D eigenvalue weighted by Crippen LogP contribution is 2.32. The molecular formula is C25H27F3N2O2. The molecule has 32 heavy (non-hydrogen) atoms. The van der Waals surface area contributed by atoms with Crippen molar-refractivity contribution in [1.29, 1.82) is 0 Å². The van der Waals surface area contributed by atoms with Gasteiger partial charge in [-0.15, -0.1) is 0 Å². The molecule has 1 heterocycles. The van der Waals surface area contributed by atoms with E-state index in [2.05, 4.69) is 18.8 Å². The largest absolute Gasteiger partial charge is 0.494 e. The van der Waals surface area contributed by atoms with E-state index in [-0.39, 0.29) is 5.69 Å². The molecule has 0 aliphatic carbocycles. The molecule has 0 aliphatic rings. The van der Waals surface area contributed by atoms with Crippen molar-refractivity contribution in [2.75, 3.05) is 6.54 Å². The molecule has 0 fully saturated rings. The number of halogens is 3. The van der Waals surface area contributed by atoms with Gasteiger partial charge >= 0.3 is 6.18 Å². The lowest BCUT2D eigenvalue weighted by atomic mass is 9.99. The number of alkyl halides is 3. The van der Waals surface area contributed by atoms with Crippen molar-refractivity contribution in [2.45, 2.75) is 45.7 Å². The number of rotatable bonds is 8. The van der Waals surface area contributed by atoms with Crippen LogP contribution in [-0.2, 0) is 6.18 Å². The van der Waals surface area contributed by atoms with E-state index in [1.165, 1.54) is 18.3 Å². The van der Waals surface area contributed by atoms with Gasteiger partial charge in [-0.2, -0.15) is 13.2 Å². The Bertz CT molecular complexity index is 1170. The highest BCUT2D eigenvalue weighted by atomic mass is 19.4. The van der Waals surface area contributed by atoms with Crippen molar-refractivity contribution in [3.05, 3.63) is 70.0 Å². The molecule has 1 unspecified atom stereocenters. The van der Waals surface area contributed by atoms with Crippen molar-refractivity contribution in [3.63, 3.8) is 0 Å². The predicted octanol–water partition coefficient (Wildman–Crippen LogP) is 6.35. The normalized spacial score (nSPS) is 13.2. The van der Waals surface area contributed by atoms with Crippen LogP contribution in [0.2, 0.25) is 0 Å². The average molecular weight is 444 g/mol. The van der Waals surface area contributed by atoms with Crippen LogP contribution in [0, 0.1) is 5.92 Å². The molecule has 2 aromatic carbocycles. The summed E-state index contributed by atoms with van der Waals surface area (Å²) in [5, 5.41) is 11.8. The van der Waals surface area contributed by atoms with Crippen LogP contribution in [0.4, 0.5) is 13.2 Å². The lowest BCUT2D eigenvalue weighted by Gasteiger charge is -2.15. The van der Waals surface area contributed by atoms with Crippen molar-refractivity contribution in [1.82, 2.24) is 4.57 Å². The van der Waals surface area contributed by atoms with Crippen molar-refractivity contribution >= 4 is 17.0 Å². The smallest absolute Gasteiger partial charge is 0.416 e. The van der Waals surface area contributed by atoms with E-state index in [9.17, 15) is 23.1 Å². The van der Waals surface area contributed by atoms with E-state index in [1.807, 2.05) is 0 Å². The van der Waals surface area contributed by atoms with Gasteiger partial charge < -0.3 is 5.11 Å². The van der Waals surface area contributed by atoms with E-state index < -0.39 is 23.2 Å². The van der Waals surface area contributed by atoms with Gasteiger partial charge in [0.15, 0.2) is 0 Å². The monoisotopic (exact) mass is 444 g/mol. The van der Waals surface area contributed by atoms with E-state index in [0.29, 0.717) is 28.8 Å². The Balaban J connectivity index is 2.12. The zero-order chi connectivity index (χ0) is 23.3. The van der Waals surface area contributed by atoms with Crippen LogP contribution >= 0.6 is 0 Å². The molecule has 3 rings (SSSR count). The summed E-state index contributed by atoms with van der Waals surface area (Å²) in [5.41, 5.74) is -1.24. The van der Waals surface area contributed by atoms with Crippen LogP contribution < -0.4 is 5.56 Å². The second-order valence-electron chi connectivity index (χ2n) is 7.88. The number of hydrogen-bond acceptors (Lipinski definition) is 3. The fourth-order valence-corrected chi connectivity index (χ4v) is 3.76. The summed E-state index contributed by atoms with van der Waals surface area (Å²) in [6, 6.07) is 11.1. The average Bonchev–Trinajstić information content (AvgIpc) is 2.78. The zero-order valence-corrected chi connectivity index (χ0v) is 18.2. The predicted molar refractivity (Wildman–Crippen MR) is 122 cm³/mol. The maximum absolute atomic E-state index is 13.2. The van der Waals surface area contributed by atoms with Gasteiger partial charge in [-0.05, 0) is 36.6 Å². The number of aromatic hydroxyl groups is 1. The Labute approximate surface area is 185 Å². The second kappa shape index (κ2) is 10.0. The Hall–Kier alpha value is -3.09. The highest BCUT2D eigenvalue weighted by molar-refractivity contribution is 6.01. The van der Waals surface area contributed by atoms with Crippen LogP contribution in [0.1, 0.15) is 50.7 Å². The van der Waals surface area contributed by atoms with Crippen LogP contribution in [0.5, 0.6) is 5.88 Å². The summed E-state index contributed by atoms with van der Waals surface area (Å²) < 4.78 is 40.5. The van der Waals surface area contributed by atoms with Crippen molar-refractivity contribution in [3.8, 4) is 11.6 Å². The Morgan fingerprint density at radius 2 is 1.81 bits per heavy atom. The molecule has 7 heteroatoms. The maximum atomic E-state index is 13.2. The zero-order valence-electron chi connectivity index (χ0n) is 18.2. The van der Waals surface area contributed by atoms with Crippen molar-refractivity contribution in [2.24, 2.45) is 10.9 Å². The standard InChI is InChI=1S/C25H27F3N2O2/c1-3-5-9-17(4-2)15-29-16-22-20-12-6-7-13-21(20)23(31)30(24(22)32)19-11-8-10-18(14-19)25(26,27)28/h6-8,10-14,16-17,32H,3-5,9,15H2,1-2H3. The number of aromatic nitrogens is 1. The molecule has 3 aromatic rings. The van der Waals surface area contributed by atoms with Crippen LogP contribution in [0.3, 0.4) is 0 Å². The molecular weight excluding hydrogens is 417 g/mol. The minimum Gasteiger partial charge on any atom is -0.494 e. The molecule has 0 spiro atoms. The Morgan fingerprint density at radius 1 is 1.09 bits per heavy atom. The first-order valence-corrected chi connectivity index (χ1v) is 10.8. The number of fused-ring (bicyclic) bond motifs is 1. The Morgan fingerprint density at radius 3 is 2.47 bits per heavy atom. The van der Waals surface area contributed by atoms with E-state index in [1.54, 1.807) is 24.3 Å². The maximum Gasteiger partial charge on any atom is 0.416 e. The molecule has 0 aliphatic heterocycles. The van der Waals surface area contributed by atoms with E-state index in [4.69, 9.17) is 0 Å². The van der Waals surface area contributed by atoms with Crippen LogP contribution in [0.15, 0.2) is 58.3 Å². The SMILES string of the molecule is CCCCC(CC)CN=Cc1c(O)n(-c2cccc(C(F)(F)F)c2)c(=O)c2ccccc12. The third-order valence-electron chi connectivity index (χ3n) is 5.66. The van der Waals surface area contributed by atoms with Crippen LogP contribution in [0.25, 0.3) is 16.5 Å².